The molecule has 36 heavy (non-hydrogen) atoms. The van der Waals surface area contributed by atoms with E-state index in [1.165, 1.54) is 11.3 Å². The van der Waals surface area contributed by atoms with E-state index in [0.717, 1.165) is 42.1 Å². The lowest BCUT2D eigenvalue weighted by Crippen LogP contribution is -2.39. The Morgan fingerprint density at radius 2 is 1.81 bits per heavy atom. The van der Waals surface area contributed by atoms with E-state index in [2.05, 4.69) is 30.7 Å². The van der Waals surface area contributed by atoms with Crippen LogP contribution in [-0.4, -0.2) is 64.4 Å². The highest BCUT2D eigenvalue weighted by atomic mass is 32.1. The van der Waals surface area contributed by atoms with Gasteiger partial charge in [-0.15, -0.1) is 21.5 Å². The zero-order valence-corrected chi connectivity index (χ0v) is 21.2. The maximum atomic E-state index is 13.2. The second-order valence-electron chi connectivity index (χ2n) is 9.63. The molecule has 5 heterocycles. The highest BCUT2D eigenvalue weighted by molar-refractivity contribution is 7.10. The normalized spacial score (nSPS) is 16.6. The van der Waals surface area contributed by atoms with Crippen molar-refractivity contribution in [2.75, 3.05) is 18.4 Å². The first-order chi connectivity index (χ1) is 17.4. The first-order valence-corrected chi connectivity index (χ1v) is 13.0. The van der Waals surface area contributed by atoms with Crippen LogP contribution in [0.1, 0.15) is 80.6 Å². The summed E-state index contributed by atoms with van der Waals surface area (Å²) in [5.74, 6) is 1.06. The third kappa shape index (κ3) is 4.15. The van der Waals surface area contributed by atoms with Gasteiger partial charge < -0.3 is 10.2 Å². The topological polar surface area (TPSA) is 123 Å². The number of carbonyl (C=O) groups is 2. The number of carbonyl (C=O) groups excluding carboxylic acids is 2. The average Bonchev–Trinajstić information content (AvgIpc) is 3.28. The number of piperidine rings is 1. The van der Waals surface area contributed by atoms with Crippen LogP contribution in [0.5, 0.6) is 0 Å². The van der Waals surface area contributed by atoms with E-state index in [0.29, 0.717) is 47.6 Å². The second-order valence-corrected chi connectivity index (χ2v) is 10.5. The minimum absolute atomic E-state index is 0.130. The molecule has 0 unspecified atom stereocenters. The quantitative estimate of drug-likeness (QED) is 0.442. The number of anilines is 1. The summed E-state index contributed by atoms with van der Waals surface area (Å²) in [4.78, 5) is 32.4. The number of aromatic nitrogens is 7. The van der Waals surface area contributed by atoms with E-state index in [1.807, 2.05) is 37.9 Å². The zero-order chi connectivity index (χ0) is 25.0. The SMILES string of the molecule is Cc1cc2nnc(C(=O)N3CCC(c4nc(C(=O)Nc5cc(C6CC6)nn5C)cs4)CC3)c(C)n2n1. The van der Waals surface area contributed by atoms with Crippen LogP contribution in [0.15, 0.2) is 17.5 Å². The molecule has 1 aliphatic carbocycles. The predicted octanol–water partition coefficient (Wildman–Crippen LogP) is 3.08. The molecule has 11 nitrogen and oxygen atoms in total. The van der Waals surface area contributed by atoms with Crippen molar-refractivity contribution in [1.82, 2.24) is 39.5 Å². The Labute approximate surface area is 211 Å². The Morgan fingerprint density at radius 1 is 1.03 bits per heavy atom. The molecule has 0 spiro atoms. The van der Waals surface area contributed by atoms with E-state index in [1.54, 1.807) is 14.6 Å². The van der Waals surface area contributed by atoms with Crippen LogP contribution in [0.4, 0.5) is 5.82 Å². The summed E-state index contributed by atoms with van der Waals surface area (Å²) < 4.78 is 3.38. The van der Waals surface area contributed by atoms with E-state index < -0.39 is 0 Å². The highest BCUT2D eigenvalue weighted by Crippen LogP contribution is 2.40. The molecule has 186 valence electrons. The number of amides is 2. The predicted molar refractivity (Wildman–Crippen MR) is 133 cm³/mol. The van der Waals surface area contributed by atoms with Gasteiger partial charge in [0.05, 0.1) is 22.1 Å². The summed E-state index contributed by atoms with van der Waals surface area (Å²) in [5, 5.41) is 22.9. The fourth-order valence-corrected chi connectivity index (χ4v) is 5.67. The minimum Gasteiger partial charge on any atom is -0.337 e. The molecule has 2 aliphatic rings. The standard InChI is InChI=1S/C24H27N9O2S/c1-13-10-20-27-28-21(14(2)33(20)29-13)24(35)32-8-6-16(7-9-32)23-25-18(12-36-23)22(34)26-19-11-17(15-4-5-15)30-31(19)3/h10-12,15-16H,4-9H2,1-3H3,(H,26,34). The number of thiazole rings is 1. The first kappa shape index (κ1) is 22.8. The van der Waals surface area contributed by atoms with Gasteiger partial charge in [0.15, 0.2) is 11.3 Å². The molecular formula is C24H27N9O2S. The van der Waals surface area contributed by atoms with Crippen LogP contribution in [0.2, 0.25) is 0 Å². The molecule has 2 fully saturated rings. The molecule has 6 rings (SSSR count). The maximum Gasteiger partial charge on any atom is 0.276 e. The van der Waals surface area contributed by atoms with Gasteiger partial charge in [0.1, 0.15) is 11.5 Å². The minimum atomic E-state index is -0.228. The molecule has 2 amide bonds. The largest absolute Gasteiger partial charge is 0.337 e. The third-order valence-corrected chi connectivity index (χ3v) is 7.96. The second kappa shape index (κ2) is 8.77. The van der Waals surface area contributed by atoms with E-state index in [-0.39, 0.29) is 17.7 Å². The van der Waals surface area contributed by atoms with E-state index >= 15 is 0 Å². The van der Waals surface area contributed by atoms with Crippen molar-refractivity contribution in [3.05, 3.63) is 51.0 Å². The van der Waals surface area contributed by atoms with Gasteiger partial charge >= 0.3 is 0 Å². The molecule has 0 aromatic carbocycles. The van der Waals surface area contributed by atoms with Crippen LogP contribution < -0.4 is 5.32 Å². The van der Waals surface area contributed by atoms with Crippen molar-refractivity contribution in [1.29, 1.82) is 0 Å². The zero-order valence-electron chi connectivity index (χ0n) is 20.4. The van der Waals surface area contributed by atoms with Gasteiger partial charge in [-0.25, -0.2) is 9.50 Å². The monoisotopic (exact) mass is 505 g/mol. The Kier molecular flexibility index (Phi) is 5.55. The molecule has 1 saturated heterocycles. The number of rotatable bonds is 5. The van der Waals surface area contributed by atoms with Crippen LogP contribution in [0.25, 0.3) is 5.65 Å². The van der Waals surface area contributed by atoms with Crippen LogP contribution in [0.3, 0.4) is 0 Å². The van der Waals surface area contributed by atoms with Gasteiger partial charge in [-0.3, -0.25) is 14.3 Å². The number of likely N-dealkylation sites (tertiary alicyclic amines) is 1. The lowest BCUT2D eigenvalue weighted by molar-refractivity contribution is 0.0704. The number of fused-ring (bicyclic) bond motifs is 1. The molecule has 4 aromatic heterocycles. The number of nitrogens with zero attached hydrogens (tertiary/aromatic N) is 8. The molecule has 4 aromatic rings. The Morgan fingerprint density at radius 3 is 2.56 bits per heavy atom. The van der Waals surface area contributed by atoms with Crippen molar-refractivity contribution >= 4 is 34.6 Å². The lowest BCUT2D eigenvalue weighted by atomic mass is 9.97. The molecular weight excluding hydrogens is 478 g/mol. The van der Waals surface area contributed by atoms with Crippen LogP contribution in [-0.2, 0) is 7.05 Å². The molecule has 1 saturated carbocycles. The highest BCUT2D eigenvalue weighted by Gasteiger charge is 2.30. The van der Waals surface area contributed by atoms with Gasteiger partial charge in [-0.05, 0) is 39.5 Å². The van der Waals surface area contributed by atoms with Gasteiger partial charge in [0.25, 0.3) is 11.8 Å². The van der Waals surface area contributed by atoms with Crippen molar-refractivity contribution in [3.8, 4) is 0 Å². The Hall–Kier alpha value is -3.67. The Balaban J connectivity index is 1.09. The van der Waals surface area contributed by atoms with Gasteiger partial charge in [0.2, 0.25) is 0 Å². The molecule has 0 atom stereocenters. The molecule has 0 bridgehead atoms. The number of hydrogen-bond donors (Lipinski definition) is 1. The molecule has 1 N–H and O–H groups in total. The summed E-state index contributed by atoms with van der Waals surface area (Å²) in [6, 6.07) is 3.79. The lowest BCUT2D eigenvalue weighted by Gasteiger charge is -2.31. The van der Waals surface area contributed by atoms with E-state index in [9.17, 15) is 9.59 Å². The van der Waals surface area contributed by atoms with Crippen LogP contribution in [0, 0.1) is 13.8 Å². The summed E-state index contributed by atoms with van der Waals surface area (Å²) in [6.07, 6.45) is 3.89. The van der Waals surface area contributed by atoms with E-state index in [4.69, 9.17) is 0 Å². The average molecular weight is 506 g/mol. The molecule has 1 aliphatic heterocycles. The van der Waals surface area contributed by atoms with Crippen molar-refractivity contribution in [3.63, 3.8) is 0 Å². The molecule has 12 heteroatoms. The summed E-state index contributed by atoms with van der Waals surface area (Å²) in [7, 11) is 1.84. The van der Waals surface area contributed by atoms with Gasteiger partial charge in [0, 0.05) is 49.5 Å². The maximum absolute atomic E-state index is 13.2. The fraction of sp³-hybridized carbons (Fsp3) is 0.458. The number of hydrogen-bond acceptors (Lipinski definition) is 8. The van der Waals surface area contributed by atoms with Gasteiger partial charge in [-0.1, -0.05) is 0 Å². The smallest absolute Gasteiger partial charge is 0.276 e. The summed E-state index contributed by atoms with van der Waals surface area (Å²) in [5.41, 5.74) is 3.93. The summed E-state index contributed by atoms with van der Waals surface area (Å²) >= 11 is 1.50. The third-order valence-electron chi connectivity index (χ3n) is 6.95. The number of aryl methyl sites for hydroxylation is 3. The molecule has 0 radical (unpaired) electrons. The van der Waals surface area contributed by atoms with Crippen molar-refractivity contribution in [2.24, 2.45) is 7.05 Å². The first-order valence-electron chi connectivity index (χ1n) is 12.2. The Bertz CT molecular complexity index is 1470. The van der Waals surface area contributed by atoms with Crippen LogP contribution >= 0.6 is 11.3 Å². The van der Waals surface area contributed by atoms with Crippen molar-refractivity contribution in [2.45, 2.75) is 51.4 Å². The van der Waals surface area contributed by atoms with Gasteiger partial charge in [-0.2, -0.15) is 10.2 Å². The fourth-order valence-electron chi connectivity index (χ4n) is 4.70. The summed E-state index contributed by atoms with van der Waals surface area (Å²) in [6.45, 7) is 4.92. The number of nitrogens with one attached hydrogen (secondary N) is 1. The van der Waals surface area contributed by atoms with Crippen molar-refractivity contribution < 1.29 is 9.59 Å².